The molecule has 6 nitrogen and oxygen atoms in total. The highest BCUT2D eigenvalue weighted by atomic mass is 16.5. The fourth-order valence-corrected chi connectivity index (χ4v) is 4.58. The minimum Gasteiger partial charge on any atom is -0.497 e. The van der Waals surface area contributed by atoms with Crippen molar-refractivity contribution in [2.24, 2.45) is 0 Å². The van der Waals surface area contributed by atoms with Crippen LogP contribution >= 0.6 is 0 Å². The number of ether oxygens (including phenoxy) is 1. The Bertz CT molecular complexity index is 658. The van der Waals surface area contributed by atoms with E-state index in [1.807, 2.05) is 0 Å². The van der Waals surface area contributed by atoms with Crippen molar-refractivity contribution in [3.8, 4) is 5.75 Å². The lowest BCUT2D eigenvalue weighted by atomic mass is 9.97. The molecule has 154 valence electrons. The van der Waals surface area contributed by atoms with Gasteiger partial charge < -0.3 is 19.9 Å². The van der Waals surface area contributed by atoms with Gasteiger partial charge in [-0.15, -0.1) is 0 Å². The lowest BCUT2D eigenvalue weighted by Crippen LogP contribution is -3.14. The molecule has 2 atom stereocenters. The molecule has 3 rings (SSSR count). The molecule has 1 aromatic rings. The number of carbonyl (C=O) groups is 2. The predicted molar refractivity (Wildman–Crippen MR) is 109 cm³/mol. The number of methoxy groups -OCH3 is 1. The number of hydrogen-bond acceptors (Lipinski definition) is 3. The Morgan fingerprint density at radius 2 is 1.68 bits per heavy atom. The third kappa shape index (κ3) is 5.04. The largest absolute Gasteiger partial charge is 0.497 e. The normalized spacial score (nSPS) is 27.9. The Kier molecular flexibility index (Phi) is 6.94. The van der Waals surface area contributed by atoms with Gasteiger partial charge in [0, 0.05) is 36.5 Å². The van der Waals surface area contributed by atoms with Crippen LogP contribution in [0.5, 0.6) is 5.75 Å². The number of piperidine rings is 2. The zero-order chi connectivity index (χ0) is 20.1. The van der Waals surface area contributed by atoms with E-state index in [-0.39, 0.29) is 17.9 Å². The van der Waals surface area contributed by atoms with Gasteiger partial charge in [-0.3, -0.25) is 9.59 Å². The highest BCUT2D eigenvalue weighted by Crippen LogP contribution is 2.22. The molecule has 1 aromatic carbocycles. The number of amides is 2. The first-order valence-corrected chi connectivity index (χ1v) is 10.6. The summed E-state index contributed by atoms with van der Waals surface area (Å²) in [4.78, 5) is 28.7. The average molecular weight is 389 g/mol. The minimum atomic E-state index is -0.0388. The number of nitrogens with one attached hydrogen (secondary N) is 2. The maximum atomic E-state index is 12.8. The molecular formula is C22H34N3O3+. The molecule has 2 fully saturated rings. The van der Waals surface area contributed by atoms with Crippen LogP contribution in [0, 0.1) is 0 Å². The molecular weight excluding hydrogens is 354 g/mol. The van der Waals surface area contributed by atoms with Gasteiger partial charge in [-0.05, 0) is 57.4 Å². The summed E-state index contributed by atoms with van der Waals surface area (Å²) < 4.78 is 5.13. The van der Waals surface area contributed by atoms with E-state index >= 15 is 0 Å². The van der Waals surface area contributed by atoms with Crippen molar-refractivity contribution < 1.29 is 19.2 Å². The molecule has 2 aliphatic heterocycles. The molecule has 0 unspecified atom stereocenters. The third-order valence-corrected chi connectivity index (χ3v) is 6.26. The summed E-state index contributed by atoms with van der Waals surface area (Å²) in [5.74, 6) is 0.994. The Hall–Kier alpha value is -2.08. The third-order valence-electron chi connectivity index (χ3n) is 6.26. The predicted octanol–water partition coefficient (Wildman–Crippen LogP) is 1.26. The highest BCUT2D eigenvalue weighted by molar-refractivity contribution is 5.94. The number of likely N-dealkylation sites (tertiary alicyclic amines) is 2. The number of quaternary nitrogens is 1. The minimum absolute atomic E-state index is 0.0388. The van der Waals surface area contributed by atoms with Gasteiger partial charge in [0.1, 0.15) is 5.75 Å². The number of rotatable bonds is 5. The van der Waals surface area contributed by atoms with Crippen LogP contribution in [-0.4, -0.2) is 61.6 Å². The first kappa shape index (κ1) is 20.6. The van der Waals surface area contributed by atoms with Crippen LogP contribution in [0.3, 0.4) is 0 Å². The van der Waals surface area contributed by atoms with Crippen LogP contribution in [0.25, 0.3) is 0 Å². The molecule has 0 saturated carbocycles. The fraction of sp³-hybridized carbons (Fsp3) is 0.636. The number of benzene rings is 1. The van der Waals surface area contributed by atoms with Gasteiger partial charge in [0.15, 0.2) is 6.54 Å². The van der Waals surface area contributed by atoms with E-state index in [0.29, 0.717) is 24.2 Å². The molecule has 2 N–H and O–H groups in total. The van der Waals surface area contributed by atoms with Crippen molar-refractivity contribution >= 4 is 11.8 Å². The van der Waals surface area contributed by atoms with Crippen LogP contribution in [0.2, 0.25) is 0 Å². The quantitative estimate of drug-likeness (QED) is 0.798. The summed E-state index contributed by atoms with van der Waals surface area (Å²) in [5.41, 5.74) is 0.652. The molecule has 28 heavy (non-hydrogen) atoms. The van der Waals surface area contributed by atoms with E-state index < -0.39 is 0 Å². The van der Waals surface area contributed by atoms with Crippen LogP contribution in [0.1, 0.15) is 56.3 Å². The van der Waals surface area contributed by atoms with Gasteiger partial charge in [-0.25, -0.2) is 0 Å². The second-order valence-electron chi connectivity index (χ2n) is 8.33. The topological polar surface area (TPSA) is 63.1 Å². The van der Waals surface area contributed by atoms with Gasteiger partial charge >= 0.3 is 0 Å². The molecule has 2 aliphatic rings. The van der Waals surface area contributed by atoms with E-state index in [1.54, 1.807) is 31.4 Å². The molecule has 0 aliphatic carbocycles. The second-order valence-corrected chi connectivity index (χ2v) is 8.33. The van der Waals surface area contributed by atoms with Crippen LogP contribution < -0.4 is 15.0 Å². The van der Waals surface area contributed by atoms with Gasteiger partial charge in [-0.1, -0.05) is 0 Å². The molecule has 2 amide bonds. The number of nitrogens with zero attached hydrogens (tertiary/aromatic N) is 1. The molecule has 0 bridgehead atoms. The van der Waals surface area contributed by atoms with E-state index in [0.717, 1.165) is 44.5 Å². The van der Waals surface area contributed by atoms with Crippen molar-refractivity contribution in [3.63, 3.8) is 0 Å². The van der Waals surface area contributed by atoms with Gasteiger partial charge in [-0.2, -0.15) is 0 Å². The molecule has 0 aromatic heterocycles. The van der Waals surface area contributed by atoms with E-state index in [4.69, 9.17) is 4.74 Å². The van der Waals surface area contributed by atoms with Crippen LogP contribution in [0.4, 0.5) is 0 Å². The summed E-state index contributed by atoms with van der Waals surface area (Å²) in [6, 6.07) is 8.07. The van der Waals surface area contributed by atoms with Crippen molar-refractivity contribution in [3.05, 3.63) is 29.8 Å². The monoisotopic (exact) mass is 388 g/mol. The lowest BCUT2D eigenvalue weighted by molar-refractivity contribution is -0.897. The molecule has 0 spiro atoms. The SMILES string of the molecule is COc1ccc(C(=O)NC2CC[NH+](CC(=O)N3[C@H](C)CCC[C@@H]3C)CC2)cc1. The maximum Gasteiger partial charge on any atom is 0.278 e. The number of hydrogen-bond donors (Lipinski definition) is 2. The maximum absolute atomic E-state index is 12.8. The van der Waals surface area contributed by atoms with E-state index in [1.165, 1.54) is 11.3 Å². The van der Waals surface area contributed by atoms with Crippen LogP contribution in [0.15, 0.2) is 24.3 Å². The molecule has 2 saturated heterocycles. The van der Waals surface area contributed by atoms with Crippen LogP contribution in [-0.2, 0) is 4.79 Å². The molecule has 0 radical (unpaired) electrons. The van der Waals surface area contributed by atoms with E-state index in [2.05, 4.69) is 24.1 Å². The van der Waals surface area contributed by atoms with Crippen molar-refractivity contribution in [2.75, 3.05) is 26.7 Å². The Labute approximate surface area is 168 Å². The Balaban J connectivity index is 1.45. The zero-order valence-corrected chi connectivity index (χ0v) is 17.4. The van der Waals surface area contributed by atoms with Crippen molar-refractivity contribution in [1.29, 1.82) is 0 Å². The number of carbonyl (C=O) groups excluding carboxylic acids is 2. The summed E-state index contributed by atoms with van der Waals surface area (Å²) in [7, 11) is 1.61. The van der Waals surface area contributed by atoms with Gasteiger partial charge in [0.2, 0.25) is 0 Å². The first-order chi connectivity index (χ1) is 13.5. The summed E-state index contributed by atoms with van der Waals surface area (Å²) in [5, 5.41) is 3.14. The zero-order valence-electron chi connectivity index (χ0n) is 17.4. The smallest absolute Gasteiger partial charge is 0.278 e. The van der Waals surface area contributed by atoms with Gasteiger partial charge in [0.25, 0.3) is 11.8 Å². The summed E-state index contributed by atoms with van der Waals surface area (Å²) in [6.07, 6.45) is 5.28. The first-order valence-electron chi connectivity index (χ1n) is 10.6. The van der Waals surface area contributed by atoms with Crippen molar-refractivity contribution in [1.82, 2.24) is 10.2 Å². The lowest BCUT2D eigenvalue weighted by Gasteiger charge is -2.40. The Morgan fingerprint density at radius 3 is 2.25 bits per heavy atom. The van der Waals surface area contributed by atoms with Crippen molar-refractivity contribution in [2.45, 2.75) is 64.1 Å². The molecule has 2 heterocycles. The fourth-order valence-electron chi connectivity index (χ4n) is 4.58. The second kappa shape index (κ2) is 9.41. The summed E-state index contributed by atoms with van der Waals surface area (Å²) in [6.45, 7) is 6.77. The standard InChI is InChI=1S/C22H33N3O3/c1-16-5-4-6-17(2)25(16)21(26)15-24-13-11-19(12-14-24)23-22(27)18-7-9-20(28-3)10-8-18/h7-10,16-17,19H,4-6,11-15H2,1-3H3,(H,23,27)/p+1/t16-,17+. The molecule has 6 heteroatoms. The highest BCUT2D eigenvalue weighted by Gasteiger charge is 2.32. The van der Waals surface area contributed by atoms with E-state index in [9.17, 15) is 9.59 Å². The average Bonchev–Trinajstić information content (AvgIpc) is 2.69. The van der Waals surface area contributed by atoms with Gasteiger partial charge in [0.05, 0.1) is 20.2 Å². The Morgan fingerprint density at radius 1 is 1.07 bits per heavy atom. The summed E-state index contributed by atoms with van der Waals surface area (Å²) >= 11 is 0.